The third-order valence-corrected chi connectivity index (χ3v) is 5.32. The van der Waals surface area contributed by atoms with Crippen LogP contribution in [0.15, 0.2) is 28.7 Å². The minimum atomic E-state index is -0.0186. The molecule has 9 heteroatoms. The van der Waals surface area contributed by atoms with Crippen molar-refractivity contribution < 1.29 is 4.79 Å². The second-order valence-corrected chi connectivity index (χ2v) is 8.10. The van der Waals surface area contributed by atoms with Crippen LogP contribution in [0.1, 0.15) is 14.8 Å². The molecule has 2 heterocycles. The van der Waals surface area contributed by atoms with Crippen molar-refractivity contribution in [3.8, 4) is 0 Å². The number of aromatic nitrogens is 1. The van der Waals surface area contributed by atoms with E-state index in [4.69, 9.17) is 0 Å². The Kier molecular flexibility index (Phi) is 10.7. The molecule has 0 aliphatic carbocycles. The summed E-state index contributed by atoms with van der Waals surface area (Å²) in [5.41, 5.74) is 0. The van der Waals surface area contributed by atoms with Gasteiger partial charge in [-0.3, -0.25) is 4.79 Å². The highest BCUT2D eigenvalue weighted by Crippen LogP contribution is 2.11. The fraction of sp³-hybridized carbons (Fsp3) is 0.471. The molecule has 6 nitrogen and oxygen atoms in total. The van der Waals surface area contributed by atoms with Crippen LogP contribution in [0.3, 0.4) is 0 Å². The number of nitrogens with one attached hydrogen (secondary N) is 2. The summed E-state index contributed by atoms with van der Waals surface area (Å²) in [5.74, 6) is 0.648. The molecule has 0 aromatic carbocycles. The van der Waals surface area contributed by atoms with Gasteiger partial charge in [-0.25, -0.2) is 9.98 Å². The number of carbonyl (C=O) groups is 1. The number of hydrogen-bond donors (Lipinski definition) is 2. The molecule has 2 aromatic heterocycles. The Hall–Kier alpha value is -1.20. The molecule has 0 spiro atoms. The van der Waals surface area contributed by atoms with Crippen molar-refractivity contribution in [2.75, 3.05) is 33.7 Å². The lowest BCUT2D eigenvalue weighted by Gasteiger charge is -2.13. The van der Waals surface area contributed by atoms with E-state index in [1.54, 1.807) is 41.7 Å². The van der Waals surface area contributed by atoms with E-state index in [2.05, 4.69) is 45.0 Å². The Morgan fingerprint density at radius 1 is 1.27 bits per heavy atom. The van der Waals surface area contributed by atoms with Crippen molar-refractivity contribution >= 4 is 58.5 Å². The zero-order valence-electron chi connectivity index (χ0n) is 15.3. The fourth-order valence-corrected chi connectivity index (χ4v) is 3.52. The Morgan fingerprint density at radius 3 is 2.58 bits per heavy atom. The fourth-order valence-electron chi connectivity index (χ4n) is 2.03. The summed E-state index contributed by atoms with van der Waals surface area (Å²) in [5, 5.41) is 9.77. The van der Waals surface area contributed by atoms with Gasteiger partial charge < -0.3 is 15.5 Å². The maximum atomic E-state index is 11.8. The maximum Gasteiger partial charge on any atom is 0.243 e. The zero-order valence-corrected chi connectivity index (χ0v) is 19.3. The molecule has 26 heavy (non-hydrogen) atoms. The topological polar surface area (TPSA) is 69.6 Å². The van der Waals surface area contributed by atoms with Gasteiger partial charge in [0.05, 0.1) is 5.01 Å². The van der Waals surface area contributed by atoms with Gasteiger partial charge in [-0.05, 0) is 24.8 Å². The van der Waals surface area contributed by atoms with Gasteiger partial charge in [-0.15, -0.1) is 46.7 Å². The molecule has 2 aromatic rings. The maximum absolute atomic E-state index is 11.8. The normalized spacial score (nSPS) is 11.0. The quantitative estimate of drug-likeness (QED) is 0.328. The molecule has 1 amide bonds. The molecule has 0 aliphatic heterocycles. The Morgan fingerprint density at radius 2 is 2.00 bits per heavy atom. The van der Waals surface area contributed by atoms with Crippen LogP contribution in [-0.2, 0) is 17.6 Å². The summed E-state index contributed by atoms with van der Waals surface area (Å²) in [6, 6.07) is 4.18. The predicted octanol–water partition coefficient (Wildman–Crippen LogP) is 2.54. The average molecular weight is 507 g/mol. The van der Waals surface area contributed by atoms with Crippen LogP contribution < -0.4 is 10.6 Å². The number of nitrogens with zero attached hydrogens (tertiary/aromatic N) is 3. The number of carbonyl (C=O) groups excluding carboxylic acids is 1. The molecule has 0 atom stereocenters. The summed E-state index contributed by atoms with van der Waals surface area (Å²) in [6.45, 7) is 3.70. The van der Waals surface area contributed by atoms with Crippen LogP contribution in [0.2, 0.25) is 0 Å². The number of amides is 1. The standard InChI is InChI=1S/C17H25N5OS2.HI/c1-13-11-20-15(25-13)7-9-19-17(21-12-16(23)22(2)3)18-8-6-14-5-4-10-24-14;/h4-5,10-11H,6-9,12H2,1-3H3,(H2,18,19,21);1H. The van der Waals surface area contributed by atoms with E-state index in [0.717, 1.165) is 30.9 Å². The monoisotopic (exact) mass is 507 g/mol. The first-order chi connectivity index (χ1) is 12.0. The number of likely N-dealkylation sites (N-methyl/N-ethyl adjacent to an activating group) is 1. The molecule has 0 unspecified atom stereocenters. The van der Waals surface area contributed by atoms with Crippen molar-refractivity contribution in [2.24, 2.45) is 4.99 Å². The van der Waals surface area contributed by atoms with Crippen LogP contribution in [-0.4, -0.2) is 55.5 Å². The molecule has 0 radical (unpaired) electrons. The van der Waals surface area contributed by atoms with E-state index in [1.807, 2.05) is 6.20 Å². The second-order valence-electron chi connectivity index (χ2n) is 5.75. The number of aliphatic imine (C=N–C) groups is 1. The molecule has 144 valence electrons. The molecule has 0 saturated heterocycles. The Balaban J connectivity index is 0.00000338. The number of thiophene rings is 1. The van der Waals surface area contributed by atoms with E-state index in [9.17, 15) is 4.79 Å². The lowest BCUT2D eigenvalue weighted by Crippen LogP contribution is -2.40. The first-order valence-electron chi connectivity index (χ1n) is 8.20. The van der Waals surface area contributed by atoms with Gasteiger partial charge in [0, 0.05) is 49.6 Å². The third-order valence-electron chi connectivity index (χ3n) is 3.42. The summed E-state index contributed by atoms with van der Waals surface area (Å²) >= 11 is 3.45. The summed E-state index contributed by atoms with van der Waals surface area (Å²) in [4.78, 5) is 24.6. The molecular formula is C17H26IN5OS2. The van der Waals surface area contributed by atoms with E-state index in [-0.39, 0.29) is 36.4 Å². The van der Waals surface area contributed by atoms with Crippen LogP contribution in [0.4, 0.5) is 0 Å². The second kappa shape index (κ2) is 12.2. The van der Waals surface area contributed by atoms with Crippen molar-refractivity contribution in [3.05, 3.63) is 38.5 Å². The predicted molar refractivity (Wildman–Crippen MR) is 121 cm³/mol. The number of aryl methyl sites for hydroxylation is 1. The highest BCUT2D eigenvalue weighted by atomic mass is 127. The first kappa shape index (κ1) is 22.8. The number of rotatable bonds is 8. The highest BCUT2D eigenvalue weighted by Gasteiger charge is 2.05. The lowest BCUT2D eigenvalue weighted by molar-refractivity contribution is -0.127. The average Bonchev–Trinajstić information content (AvgIpc) is 3.23. The van der Waals surface area contributed by atoms with Crippen molar-refractivity contribution in [1.82, 2.24) is 20.5 Å². The van der Waals surface area contributed by atoms with Crippen molar-refractivity contribution in [2.45, 2.75) is 19.8 Å². The zero-order chi connectivity index (χ0) is 18.1. The summed E-state index contributed by atoms with van der Waals surface area (Å²) < 4.78 is 0. The number of halogens is 1. The number of thiazole rings is 1. The first-order valence-corrected chi connectivity index (χ1v) is 9.90. The van der Waals surface area contributed by atoms with Gasteiger partial charge in [0.1, 0.15) is 6.54 Å². The Bertz CT molecular complexity index is 685. The minimum Gasteiger partial charge on any atom is -0.356 e. The molecule has 0 saturated carbocycles. The van der Waals surface area contributed by atoms with Gasteiger partial charge in [-0.2, -0.15) is 0 Å². The van der Waals surface area contributed by atoms with Gasteiger partial charge >= 0.3 is 0 Å². The highest BCUT2D eigenvalue weighted by molar-refractivity contribution is 14.0. The smallest absolute Gasteiger partial charge is 0.243 e. The van der Waals surface area contributed by atoms with Gasteiger partial charge in [-0.1, -0.05) is 6.07 Å². The van der Waals surface area contributed by atoms with Crippen LogP contribution in [0.5, 0.6) is 0 Å². The van der Waals surface area contributed by atoms with Gasteiger partial charge in [0.15, 0.2) is 5.96 Å². The van der Waals surface area contributed by atoms with E-state index < -0.39 is 0 Å². The third kappa shape index (κ3) is 8.45. The van der Waals surface area contributed by atoms with E-state index in [0.29, 0.717) is 5.96 Å². The van der Waals surface area contributed by atoms with Crippen molar-refractivity contribution in [1.29, 1.82) is 0 Å². The van der Waals surface area contributed by atoms with Gasteiger partial charge in [0.25, 0.3) is 0 Å². The summed E-state index contributed by atoms with van der Waals surface area (Å²) in [6.07, 6.45) is 3.67. The number of hydrogen-bond acceptors (Lipinski definition) is 5. The summed E-state index contributed by atoms with van der Waals surface area (Å²) in [7, 11) is 3.47. The van der Waals surface area contributed by atoms with Crippen LogP contribution >= 0.6 is 46.7 Å². The SMILES string of the molecule is Cc1cnc(CCNC(=NCC(=O)N(C)C)NCCc2cccs2)s1.I. The van der Waals surface area contributed by atoms with Gasteiger partial charge in [0.2, 0.25) is 5.91 Å². The van der Waals surface area contributed by atoms with E-state index >= 15 is 0 Å². The number of guanidine groups is 1. The molecule has 0 bridgehead atoms. The van der Waals surface area contributed by atoms with Crippen molar-refractivity contribution in [3.63, 3.8) is 0 Å². The molecule has 0 fully saturated rings. The van der Waals surface area contributed by atoms with E-state index in [1.165, 1.54) is 9.75 Å². The molecule has 2 rings (SSSR count). The lowest BCUT2D eigenvalue weighted by atomic mass is 10.3. The van der Waals surface area contributed by atoms with Crippen LogP contribution in [0.25, 0.3) is 0 Å². The molecular weight excluding hydrogens is 481 g/mol. The molecule has 2 N–H and O–H groups in total. The minimum absolute atomic E-state index is 0. The largest absolute Gasteiger partial charge is 0.356 e. The van der Waals surface area contributed by atoms with Crippen LogP contribution in [0, 0.1) is 6.92 Å². The molecule has 0 aliphatic rings. The Labute approximate surface area is 180 Å².